The van der Waals surface area contributed by atoms with E-state index in [1.807, 2.05) is 0 Å². The summed E-state index contributed by atoms with van der Waals surface area (Å²) in [5.74, 6) is -42.8. The molecule has 4 bridgehead atoms. The number of carbonyl (C=O) groups excluding carboxylic acids is 5. The van der Waals surface area contributed by atoms with Crippen LogP contribution in [0.3, 0.4) is 0 Å². The summed E-state index contributed by atoms with van der Waals surface area (Å²) in [6.45, 7) is 19.9. The second-order valence-corrected chi connectivity index (χ2v) is 46.2. The number of sulfonamides is 1. The lowest BCUT2D eigenvalue weighted by molar-refractivity contribution is -0.312. The molecule has 12 fully saturated rings. The summed E-state index contributed by atoms with van der Waals surface area (Å²) in [4.78, 5) is 55.7. The fourth-order valence-electron chi connectivity index (χ4n) is 19.0. The number of piperidine rings is 1. The van der Waals surface area contributed by atoms with Crippen LogP contribution in [0.5, 0.6) is 0 Å². The third-order valence-corrected chi connectivity index (χ3v) is 31.5. The molecule has 12 aliphatic rings. The fourth-order valence-corrected chi connectivity index (χ4v) is 21.8. The normalized spacial score (nSPS) is 24.4. The number of hydrogen-bond acceptors (Lipinski definition) is 22. The minimum absolute atomic E-state index is 0.0282. The molecular formula is C96H153F22NO22S2. The first-order valence-corrected chi connectivity index (χ1v) is 52.7. The van der Waals surface area contributed by atoms with E-state index in [1.54, 1.807) is 20.8 Å². The number of sulfone groups is 1. The van der Waals surface area contributed by atoms with Gasteiger partial charge in [-0.3, -0.25) is 24.0 Å². The van der Waals surface area contributed by atoms with Crippen LogP contribution in [0, 0.1) is 46.8 Å². The van der Waals surface area contributed by atoms with Gasteiger partial charge < -0.3 is 61.6 Å². The van der Waals surface area contributed by atoms with Crippen molar-refractivity contribution in [3.63, 3.8) is 0 Å². The van der Waals surface area contributed by atoms with E-state index in [1.165, 1.54) is 71.1 Å². The van der Waals surface area contributed by atoms with Gasteiger partial charge in [0.2, 0.25) is 38.8 Å². The van der Waals surface area contributed by atoms with Gasteiger partial charge in [-0.1, -0.05) is 52.4 Å². The maximum absolute atomic E-state index is 13.9. The highest BCUT2D eigenvalue weighted by Gasteiger charge is 2.77. The SMILES string of the molecule is CC(F)(F)C(=O)CC1CCC2(CC1)OCCO2.CC(F)(F)C(=O)CCCOC(C)(C)C1CCCCC1.CC(F)(F)C(=O)CCCOCOC1C2CC3CC(C2)CC1C3.CC(F)(F)C(F)(F)C(F)(F)S(=O)(=O)N1CCC(OCOC2CCCCC2)CC1.CC1(C)COC2(CCC(CC(=O)C(C)(F)F)CC2)OC1.CC1(C)OCC(CCC(=O)C(C)(F)F)O1.CCOC(C)OCCCS(=O)(=O)C(F)(F)C(F)(F)C(C)(F)F. The standard InChI is InChI=1S/C17H26F2O3.C16H25F6NO4S.C15H24F2O3.C15H26F2O2.C12H18F2O3.C11H18F6O4S.C10H16F2O3/c1-17(18,19)15(20)3-2-4-21-10-22-16-13-6-11-5-12(8-13)9-14(16)7-11;1-14(17,18)15(19,20)16(21,22)28(24,25)23-9-7-13(8-10-23)27-11-26-12-5-3-2-4-6-12;1-13(2)9-19-15(20-10-13)6-4-11(5-7-15)8-12(18)14(3,16)17;1-14(2,12-8-5-4-6-9-12)19-11-7-10-13(18)15(3,16)17;1-11(13,14)10(15)8-9-2-4-12(5-3-9)16-6-7-17-12;1-4-20-8(2)21-6-5-7-22(18,19)11(16,17)10(14,15)9(3,12)13;1-9(2)14-6-7(15-9)4-5-8(13)10(3,11)12/h11-14,16H,2-10H2,1H3;12-13H,2-11H2,1H3;11H,4-10H2,1-3H3;12H,4-11H2,1-3H3;9H,2-8H2,1H3;8H,4-7H2,1-3H3;7H,4-6H2,1-3H3. The highest BCUT2D eigenvalue weighted by Crippen LogP contribution is 2.56. The van der Waals surface area contributed by atoms with E-state index < -0.39 is 181 Å². The number of alkyl halides is 22. The van der Waals surface area contributed by atoms with Crippen LogP contribution >= 0.6 is 0 Å². The second-order valence-electron chi connectivity index (χ2n) is 42.0. The monoisotopic (exact) mass is 2150 g/mol. The first-order valence-electron chi connectivity index (χ1n) is 49.6. The van der Waals surface area contributed by atoms with E-state index in [2.05, 4.69) is 27.7 Å². The number of nitrogens with zero attached hydrogens (tertiary/aromatic N) is 1. The van der Waals surface area contributed by atoms with Crippen LogP contribution in [-0.4, -0.2) is 259 Å². The topological polar surface area (TPSA) is 277 Å². The Morgan fingerprint density at radius 3 is 1.26 bits per heavy atom. The van der Waals surface area contributed by atoms with Crippen molar-refractivity contribution in [1.29, 1.82) is 0 Å². The smallest absolute Gasteiger partial charge is 0.375 e. The lowest BCUT2D eigenvalue weighted by Gasteiger charge is -2.53. The molecule has 4 saturated heterocycles. The van der Waals surface area contributed by atoms with Crippen LogP contribution in [0.2, 0.25) is 0 Å². The van der Waals surface area contributed by atoms with Gasteiger partial charge >= 0.3 is 63.8 Å². The Bertz CT molecular complexity index is 4030. The quantitative estimate of drug-likeness (QED) is 0.0311. The maximum Gasteiger partial charge on any atom is 0.427 e. The van der Waals surface area contributed by atoms with Crippen LogP contribution in [-0.2, 0) is 105 Å². The van der Waals surface area contributed by atoms with Crippen LogP contribution in [0.25, 0.3) is 0 Å². The fraction of sp³-hybridized carbons (Fsp3) is 0.948. The van der Waals surface area contributed by atoms with Gasteiger partial charge in [0.15, 0.2) is 23.7 Å². The zero-order chi connectivity index (χ0) is 109. The van der Waals surface area contributed by atoms with Crippen molar-refractivity contribution in [2.24, 2.45) is 46.8 Å². The third kappa shape index (κ3) is 40.6. The molecule has 0 aromatic rings. The van der Waals surface area contributed by atoms with E-state index in [-0.39, 0.29) is 118 Å². The van der Waals surface area contributed by atoms with Crippen molar-refractivity contribution < 1.29 is 199 Å². The minimum atomic E-state index is -6.04. The first-order chi connectivity index (χ1) is 65.4. The lowest BCUT2D eigenvalue weighted by Crippen LogP contribution is -2.61. The summed E-state index contributed by atoms with van der Waals surface area (Å²) in [7, 11) is -11.8. The predicted molar refractivity (Wildman–Crippen MR) is 480 cm³/mol. The molecule has 2 atom stereocenters. The number of hydrogen-bond donors (Lipinski definition) is 0. The van der Waals surface area contributed by atoms with Gasteiger partial charge in [0.1, 0.15) is 13.6 Å². The second kappa shape index (κ2) is 54.1. The molecule has 143 heavy (non-hydrogen) atoms. The first kappa shape index (κ1) is 130. The number of ketones is 5. The highest BCUT2D eigenvalue weighted by atomic mass is 32.2. The van der Waals surface area contributed by atoms with Gasteiger partial charge in [0, 0.05) is 145 Å². The van der Waals surface area contributed by atoms with Crippen LogP contribution in [0.15, 0.2) is 0 Å². The molecular weight excluding hydrogens is 2000 g/mol. The van der Waals surface area contributed by atoms with Crippen LogP contribution in [0.1, 0.15) is 322 Å². The summed E-state index contributed by atoms with van der Waals surface area (Å²) >= 11 is 0. The predicted octanol–water partition coefficient (Wildman–Crippen LogP) is 23.5. The summed E-state index contributed by atoms with van der Waals surface area (Å²) < 4.78 is 403. The Kier molecular flexibility index (Phi) is 49.0. The summed E-state index contributed by atoms with van der Waals surface area (Å²) in [6.07, 6.45) is 22.4. The number of ether oxygens (including phenoxy) is 13. The summed E-state index contributed by atoms with van der Waals surface area (Å²) in [6, 6.07) is 0. The molecule has 0 N–H and O–H groups in total. The van der Waals surface area contributed by atoms with E-state index in [9.17, 15) is 137 Å². The lowest BCUT2D eigenvalue weighted by atomic mass is 9.55. The van der Waals surface area contributed by atoms with E-state index in [0.717, 1.165) is 56.8 Å². The molecule has 0 aromatic heterocycles. The van der Waals surface area contributed by atoms with Gasteiger partial charge in [0.25, 0.3) is 10.0 Å². The largest absolute Gasteiger partial charge is 0.427 e. The molecule has 2 spiro atoms. The number of rotatable bonds is 43. The van der Waals surface area contributed by atoms with Crippen molar-refractivity contribution in [2.45, 2.75) is 440 Å². The van der Waals surface area contributed by atoms with Crippen LogP contribution < -0.4 is 0 Å². The average Bonchev–Trinajstić information content (AvgIpc) is 1.12. The molecule has 0 radical (unpaired) electrons. The molecule has 4 aliphatic heterocycles. The highest BCUT2D eigenvalue weighted by molar-refractivity contribution is 7.92. The molecule has 8 saturated carbocycles. The number of halogens is 22. The van der Waals surface area contributed by atoms with E-state index in [4.69, 9.17) is 61.6 Å². The molecule has 23 nitrogen and oxygen atoms in total. The zero-order valence-electron chi connectivity index (χ0n) is 84.9. The molecule has 0 amide bonds. The minimum Gasteiger partial charge on any atom is -0.375 e. The van der Waals surface area contributed by atoms with Gasteiger partial charge in [-0.25, -0.2) is 16.8 Å². The number of Topliss-reactive ketones (excluding diaryl/α,β-unsaturated/α-hetero) is 5. The Labute approximate surface area is 826 Å². The van der Waals surface area contributed by atoms with Crippen molar-refractivity contribution in [2.75, 3.05) is 91.9 Å². The molecule has 840 valence electrons. The van der Waals surface area contributed by atoms with Crippen molar-refractivity contribution >= 4 is 48.8 Å². The van der Waals surface area contributed by atoms with Gasteiger partial charge in [-0.2, -0.15) is 101 Å². The van der Waals surface area contributed by atoms with E-state index in [0.29, 0.717) is 156 Å². The van der Waals surface area contributed by atoms with Gasteiger partial charge in [-0.05, 0) is 205 Å². The molecule has 2 unspecified atom stereocenters. The molecule has 12 rings (SSSR count). The molecule has 0 aromatic carbocycles. The van der Waals surface area contributed by atoms with Gasteiger partial charge in [0.05, 0.1) is 75.4 Å². The Morgan fingerprint density at radius 2 is 0.846 bits per heavy atom. The molecule has 4 heterocycles. The molecule has 8 aliphatic carbocycles. The van der Waals surface area contributed by atoms with Crippen LogP contribution in [0.4, 0.5) is 96.6 Å². The van der Waals surface area contributed by atoms with Crippen molar-refractivity contribution in [1.82, 2.24) is 4.31 Å². The summed E-state index contributed by atoms with van der Waals surface area (Å²) in [5, 5.41) is -11.8. The van der Waals surface area contributed by atoms with Crippen molar-refractivity contribution in [3.05, 3.63) is 0 Å². The average molecular weight is 2160 g/mol. The maximum atomic E-state index is 13.9. The van der Waals surface area contributed by atoms with E-state index >= 15 is 0 Å². The number of carbonyl (C=O) groups is 5. The zero-order valence-corrected chi connectivity index (χ0v) is 86.6. The Morgan fingerprint density at radius 1 is 0.441 bits per heavy atom. The Hall–Kier alpha value is -3.85. The third-order valence-electron chi connectivity index (χ3n) is 27.7. The Balaban J connectivity index is 0.000000296. The molecule has 47 heteroatoms. The summed E-state index contributed by atoms with van der Waals surface area (Å²) in [5.41, 5.74) is -0.180. The van der Waals surface area contributed by atoms with Gasteiger partial charge in [-0.15, -0.1) is 0 Å². The van der Waals surface area contributed by atoms with Crippen molar-refractivity contribution in [3.8, 4) is 0 Å².